The lowest BCUT2D eigenvalue weighted by atomic mass is 10.2. The second-order valence-corrected chi connectivity index (χ2v) is 9.56. The second kappa shape index (κ2) is 12.5. The van der Waals surface area contributed by atoms with Crippen LogP contribution in [0.2, 0.25) is 10.0 Å². The molecular weight excluding hydrogens is 529 g/mol. The zero-order valence-electron chi connectivity index (χ0n) is 18.3. The van der Waals surface area contributed by atoms with Crippen molar-refractivity contribution in [2.24, 2.45) is 0 Å². The lowest BCUT2D eigenvalue weighted by Crippen LogP contribution is -2.39. The summed E-state index contributed by atoms with van der Waals surface area (Å²) in [6.07, 6.45) is -3.35. The Kier molecular flexibility index (Phi) is 9.91. The van der Waals surface area contributed by atoms with Crippen molar-refractivity contribution in [2.75, 3.05) is 13.2 Å². The zero-order chi connectivity index (χ0) is 25.7. The highest BCUT2D eigenvalue weighted by Crippen LogP contribution is 2.33. The van der Waals surface area contributed by atoms with Gasteiger partial charge in [-0.1, -0.05) is 35.0 Å². The fraction of sp³-hybridized carbons (Fsp3) is 0.348. The molecule has 190 valence electrons. The van der Waals surface area contributed by atoms with E-state index in [1.807, 2.05) is 0 Å². The van der Waals surface area contributed by atoms with Gasteiger partial charge in [0.15, 0.2) is 11.6 Å². The minimum atomic E-state index is -1.30. The maximum Gasteiger partial charge on any atom is 0.341 e. The molecule has 0 aliphatic carbocycles. The third kappa shape index (κ3) is 7.14. The van der Waals surface area contributed by atoms with Crippen LogP contribution in [0.1, 0.15) is 12.5 Å². The van der Waals surface area contributed by atoms with Crippen LogP contribution in [0.4, 0.5) is 8.78 Å². The van der Waals surface area contributed by atoms with E-state index in [-0.39, 0.29) is 34.8 Å². The Hall–Kier alpha value is -1.76. The van der Waals surface area contributed by atoms with Crippen molar-refractivity contribution < 1.29 is 38.0 Å². The summed E-state index contributed by atoms with van der Waals surface area (Å²) >= 11 is 13.0. The molecule has 0 saturated carbocycles. The molecule has 3 N–H and O–H groups in total. The summed E-state index contributed by atoms with van der Waals surface area (Å²) in [5.74, 6) is -2.25. The molecule has 0 radical (unpaired) electrons. The third-order valence-corrected chi connectivity index (χ3v) is 6.83. The Bertz CT molecular complexity index is 1220. The number of benzene rings is 2. The Morgan fingerprint density at radius 2 is 1.86 bits per heavy atom. The number of thioether (sulfide) groups is 1. The Labute approximate surface area is 213 Å². The van der Waals surface area contributed by atoms with Gasteiger partial charge in [-0.15, -0.1) is 0 Å². The predicted molar refractivity (Wildman–Crippen MR) is 128 cm³/mol. The van der Waals surface area contributed by atoms with Crippen LogP contribution in [0.15, 0.2) is 50.5 Å². The molecule has 0 bridgehead atoms. The average Bonchev–Trinajstić information content (AvgIpc) is 2.81. The summed E-state index contributed by atoms with van der Waals surface area (Å²) in [6.45, 7) is 0.199. The molecule has 0 fully saturated rings. The Morgan fingerprint density at radius 3 is 2.51 bits per heavy atom. The summed E-state index contributed by atoms with van der Waals surface area (Å²) in [5.41, 5.74) is -2.03. The van der Waals surface area contributed by atoms with Crippen molar-refractivity contribution in [3.63, 3.8) is 0 Å². The molecule has 3 rings (SSSR count). The molecular formula is C23H22Cl2F2O7S. The number of aliphatic hydroxyl groups is 3. The van der Waals surface area contributed by atoms with Crippen molar-refractivity contribution in [2.45, 2.75) is 42.2 Å². The van der Waals surface area contributed by atoms with Gasteiger partial charge in [-0.3, -0.25) is 0 Å². The number of fused-ring (bicyclic) bond motifs is 1. The maximum atomic E-state index is 14.1. The van der Waals surface area contributed by atoms with E-state index in [4.69, 9.17) is 37.1 Å². The van der Waals surface area contributed by atoms with Crippen LogP contribution in [0.5, 0.6) is 0 Å². The predicted octanol–water partition coefficient (Wildman–Crippen LogP) is 4.13. The molecule has 0 saturated heterocycles. The van der Waals surface area contributed by atoms with E-state index in [1.54, 1.807) is 18.2 Å². The fourth-order valence-corrected chi connectivity index (χ4v) is 4.40. The van der Waals surface area contributed by atoms with E-state index in [9.17, 15) is 28.9 Å². The number of halogens is 4. The van der Waals surface area contributed by atoms with Gasteiger partial charge in [0, 0.05) is 4.90 Å². The van der Waals surface area contributed by atoms with Crippen LogP contribution in [-0.4, -0.2) is 52.3 Å². The number of hydrogen-bond donors (Lipinski definition) is 3. The van der Waals surface area contributed by atoms with Crippen molar-refractivity contribution in [1.29, 1.82) is 0 Å². The van der Waals surface area contributed by atoms with Gasteiger partial charge in [0.05, 0.1) is 46.9 Å². The lowest BCUT2D eigenvalue weighted by Gasteiger charge is -2.28. The third-order valence-electron chi connectivity index (χ3n) is 4.91. The summed E-state index contributed by atoms with van der Waals surface area (Å²) in [5, 5.41) is 30.4. The zero-order valence-corrected chi connectivity index (χ0v) is 20.6. The van der Waals surface area contributed by atoms with E-state index in [1.165, 1.54) is 6.92 Å². The maximum absolute atomic E-state index is 14.1. The molecule has 12 heteroatoms. The monoisotopic (exact) mass is 550 g/mol. The van der Waals surface area contributed by atoms with E-state index in [2.05, 4.69) is 0 Å². The lowest BCUT2D eigenvalue weighted by molar-refractivity contribution is -0.108. The molecule has 0 spiro atoms. The van der Waals surface area contributed by atoms with E-state index >= 15 is 0 Å². The van der Waals surface area contributed by atoms with Crippen molar-refractivity contribution in [3.8, 4) is 0 Å². The number of ether oxygens (including phenoxy) is 2. The van der Waals surface area contributed by atoms with E-state index in [0.717, 1.165) is 30.0 Å². The van der Waals surface area contributed by atoms with Gasteiger partial charge in [-0.25, -0.2) is 13.6 Å². The van der Waals surface area contributed by atoms with Gasteiger partial charge in [-0.2, -0.15) is 0 Å². The molecule has 7 nitrogen and oxygen atoms in total. The first-order valence-corrected chi connectivity index (χ1v) is 12.0. The molecule has 3 aromatic rings. The Balaban J connectivity index is 1.73. The first kappa shape index (κ1) is 27.8. The van der Waals surface area contributed by atoms with Gasteiger partial charge in [0.25, 0.3) is 0 Å². The highest BCUT2D eigenvalue weighted by Gasteiger charge is 2.28. The number of hydrogen-bond acceptors (Lipinski definition) is 8. The summed E-state index contributed by atoms with van der Waals surface area (Å²) in [7, 11) is 0. The molecule has 1 aromatic heterocycles. The van der Waals surface area contributed by atoms with Crippen LogP contribution in [-0.2, 0) is 16.1 Å². The fourth-order valence-electron chi connectivity index (χ4n) is 3.00. The molecule has 0 aliphatic heterocycles. The smallest absolute Gasteiger partial charge is 0.341 e. The minimum Gasteiger partial charge on any atom is -0.422 e. The molecule has 2 unspecified atom stereocenters. The molecule has 0 amide bonds. The van der Waals surface area contributed by atoms with E-state index in [0.29, 0.717) is 9.92 Å². The SMILES string of the molecule is C[C@@H](O)C(CO)OC(Sc1ccc(Cl)c(Cl)c1)[C@@H](O)COCc1cc2c(F)c(F)ccc2oc1=O. The van der Waals surface area contributed by atoms with Crippen LogP contribution in [0.25, 0.3) is 11.0 Å². The molecule has 1 heterocycles. The highest BCUT2D eigenvalue weighted by molar-refractivity contribution is 7.99. The summed E-state index contributed by atoms with van der Waals surface area (Å²) < 4.78 is 43.7. The molecule has 4 atom stereocenters. The first-order valence-electron chi connectivity index (χ1n) is 10.3. The topological polar surface area (TPSA) is 109 Å². The summed E-state index contributed by atoms with van der Waals surface area (Å²) in [6, 6.07) is 7.89. The quantitative estimate of drug-likeness (QED) is 0.186. The van der Waals surface area contributed by atoms with E-state index < -0.39 is 47.6 Å². The molecule has 2 aromatic carbocycles. The molecule has 0 aliphatic rings. The molecule has 35 heavy (non-hydrogen) atoms. The van der Waals surface area contributed by atoms with Crippen molar-refractivity contribution in [3.05, 3.63) is 74.1 Å². The van der Waals surface area contributed by atoms with Gasteiger partial charge in [0.1, 0.15) is 23.2 Å². The van der Waals surface area contributed by atoms with Gasteiger partial charge < -0.3 is 29.2 Å². The largest absolute Gasteiger partial charge is 0.422 e. The normalized spacial score (nSPS) is 15.2. The number of rotatable bonds is 11. The van der Waals surface area contributed by atoms with Crippen molar-refractivity contribution in [1.82, 2.24) is 0 Å². The van der Waals surface area contributed by atoms with Crippen LogP contribution >= 0.6 is 35.0 Å². The Morgan fingerprint density at radius 1 is 1.11 bits per heavy atom. The van der Waals surface area contributed by atoms with Crippen LogP contribution in [0.3, 0.4) is 0 Å². The van der Waals surface area contributed by atoms with Gasteiger partial charge in [0.2, 0.25) is 0 Å². The van der Waals surface area contributed by atoms with Crippen LogP contribution in [0, 0.1) is 11.6 Å². The standard InChI is InChI=1S/C23H22Cl2F2O7S/c1-11(29)20(8-28)34-23(35-13-2-3-15(24)16(25)7-13)18(30)10-32-9-12-6-14-19(33-22(12)31)5-4-17(26)21(14)27/h2-7,11,18,20,23,28-30H,8-10H2,1H3/t11-,18+,20?,23?/m1/s1. The summed E-state index contributed by atoms with van der Waals surface area (Å²) in [4.78, 5) is 12.7. The van der Waals surface area contributed by atoms with Gasteiger partial charge in [-0.05, 0) is 43.3 Å². The van der Waals surface area contributed by atoms with Crippen molar-refractivity contribution >= 4 is 45.9 Å². The van der Waals surface area contributed by atoms with Gasteiger partial charge >= 0.3 is 5.63 Å². The highest BCUT2D eigenvalue weighted by atomic mass is 35.5. The first-order chi connectivity index (χ1) is 16.6. The average molecular weight is 551 g/mol. The van der Waals surface area contributed by atoms with Crippen LogP contribution < -0.4 is 5.63 Å². The minimum absolute atomic E-state index is 0.0824. The number of aliphatic hydroxyl groups excluding tert-OH is 3. The second-order valence-electron chi connectivity index (χ2n) is 7.57.